The molecule has 0 bridgehead atoms. The van der Waals surface area contributed by atoms with Crippen molar-refractivity contribution in [3.05, 3.63) is 0 Å². The number of nitrogens with one attached hydrogen (secondary N) is 1. The maximum absolute atomic E-state index is 3.70. The lowest BCUT2D eigenvalue weighted by molar-refractivity contribution is 0.163. The molecule has 1 aliphatic rings. The summed E-state index contributed by atoms with van der Waals surface area (Å²) < 4.78 is 0. The molecule has 0 heterocycles. The molecule has 0 saturated heterocycles. The van der Waals surface area contributed by atoms with Gasteiger partial charge >= 0.3 is 0 Å². The average Bonchev–Trinajstić information content (AvgIpc) is 2.42. The largest absolute Gasteiger partial charge is 0.313 e. The summed E-state index contributed by atoms with van der Waals surface area (Å²) in [5.41, 5.74) is 0. The maximum Gasteiger partial charge on any atom is 0.0110 e. The second-order valence-electron chi connectivity index (χ2n) is 6.75. The van der Waals surface area contributed by atoms with Crippen LogP contribution in [-0.4, -0.2) is 36.6 Å². The van der Waals surface area contributed by atoms with Crippen LogP contribution in [0.4, 0.5) is 0 Å². The maximum atomic E-state index is 3.70. The number of likely N-dealkylation sites (N-methyl/N-ethyl adjacent to an activating group) is 1. The van der Waals surface area contributed by atoms with E-state index in [1.165, 1.54) is 58.0 Å². The molecule has 0 aliphatic heterocycles. The van der Waals surface area contributed by atoms with Crippen LogP contribution in [0.15, 0.2) is 0 Å². The summed E-state index contributed by atoms with van der Waals surface area (Å²) >= 11 is 0. The lowest BCUT2D eigenvalue weighted by atomic mass is 9.94. The zero-order chi connectivity index (χ0) is 14.1. The Kier molecular flexibility index (Phi) is 8.72. The second kappa shape index (κ2) is 9.77. The predicted molar refractivity (Wildman–Crippen MR) is 85.7 cm³/mol. The standard InChI is InChI=1S/C17H36N2/c1-5-19(17-9-7-6-8-10-17)14-13-18-16(4)12-11-15(2)3/h15-18H,5-14H2,1-4H3. The number of nitrogens with zero attached hydrogens (tertiary/aromatic N) is 1. The van der Waals surface area contributed by atoms with Gasteiger partial charge in [0.25, 0.3) is 0 Å². The van der Waals surface area contributed by atoms with E-state index in [1.54, 1.807) is 0 Å². The predicted octanol–water partition coefficient (Wildman–Crippen LogP) is 4.06. The molecule has 1 unspecified atom stereocenters. The van der Waals surface area contributed by atoms with Crippen molar-refractivity contribution in [1.82, 2.24) is 10.2 Å². The van der Waals surface area contributed by atoms with Gasteiger partial charge in [-0.2, -0.15) is 0 Å². The summed E-state index contributed by atoms with van der Waals surface area (Å²) in [5, 5.41) is 3.70. The molecule has 1 N–H and O–H groups in total. The van der Waals surface area contributed by atoms with Crippen molar-refractivity contribution in [2.75, 3.05) is 19.6 Å². The van der Waals surface area contributed by atoms with Crippen molar-refractivity contribution in [3.63, 3.8) is 0 Å². The van der Waals surface area contributed by atoms with Crippen LogP contribution in [0, 0.1) is 5.92 Å². The topological polar surface area (TPSA) is 15.3 Å². The van der Waals surface area contributed by atoms with Crippen molar-refractivity contribution >= 4 is 0 Å². The van der Waals surface area contributed by atoms with Crippen LogP contribution < -0.4 is 5.32 Å². The van der Waals surface area contributed by atoms with Crippen molar-refractivity contribution in [2.24, 2.45) is 5.92 Å². The summed E-state index contributed by atoms with van der Waals surface area (Å²) in [6.07, 6.45) is 9.85. The normalized spacial score (nSPS) is 19.3. The highest BCUT2D eigenvalue weighted by molar-refractivity contribution is 4.76. The van der Waals surface area contributed by atoms with Gasteiger partial charge in [0.2, 0.25) is 0 Å². The van der Waals surface area contributed by atoms with Crippen LogP contribution in [0.3, 0.4) is 0 Å². The molecule has 0 spiro atoms. The van der Waals surface area contributed by atoms with Crippen LogP contribution in [0.1, 0.15) is 72.6 Å². The average molecular weight is 268 g/mol. The van der Waals surface area contributed by atoms with E-state index in [2.05, 4.69) is 37.9 Å². The van der Waals surface area contributed by atoms with E-state index in [1.807, 2.05) is 0 Å². The first kappa shape index (κ1) is 17.0. The van der Waals surface area contributed by atoms with Crippen molar-refractivity contribution in [3.8, 4) is 0 Å². The molecular formula is C17H36N2. The molecule has 0 aromatic heterocycles. The summed E-state index contributed by atoms with van der Waals surface area (Å²) in [6, 6.07) is 1.54. The minimum absolute atomic E-state index is 0.674. The molecule has 1 atom stereocenters. The third-order valence-electron chi connectivity index (χ3n) is 4.57. The molecule has 114 valence electrons. The van der Waals surface area contributed by atoms with Gasteiger partial charge in [-0.3, -0.25) is 4.90 Å². The number of rotatable bonds is 9. The Balaban J connectivity index is 2.14. The van der Waals surface area contributed by atoms with Crippen LogP contribution in [0.5, 0.6) is 0 Å². The van der Waals surface area contributed by atoms with Gasteiger partial charge in [0.1, 0.15) is 0 Å². The van der Waals surface area contributed by atoms with Crippen molar-refractivity contribution in [2.45, 2.75) is 84.7 Å². The zero-order valence-corrected chi connectivity index (χ0v) is 13.8. The van der Waals surface area contributed by atoms with Crippen LogP contribution in [0.25, 0.3) is 0 Å². The van der Waals surface area contributed by atoms with Crippen LogP contribution >= 0.6 is 0 Å². The summed E-state index contributed by atoms with van der Waals surface area (Å²) in [4.78, 5) is 2.70. The van der Waals surface area contributed by atoms with E-state index in [0.717, 1.165) is 18.5 Å². The first-order valence-corrected chi connectivity index (χ1v) is 8.61. The fourth-order valence-corrected chi connectivity index (χ4v) is 3.19. The van der Waals surface area contributed by atoms with E-state index >= 15 is 0 Å². The van der Waals surface area contributed by atoms with E-state index in [0.29, 0.717) is 6.04 Å². The molecule has 1 saturated carbocycles. The molecule has 19 heavy (non-hydrogen) atoms. The number of hydrogen-bond donors (Lipinski definition) is 1. The molecule has 1 rings (SSSR count). The Hall–Kier alpha value is -0.0800. The summed E-state index contributed by atoms with van der Waals surface area (Å²) in [6.45, 7) is 12.9. The molecule has 2 nitrogen and oxygen atoms in total. The Bertz CT molecular complexity index is 209. The van der Waals surface area contributed by atoms with Gasteiger partial charge in [0, 0.05) is 25.2 Å². The summed E-state index contributed by atoms with van der Waals surface area (Å²) in [7, 11) is 0. The molecule has 0 amide bonds. The van der Waals surface area contributed by atoms with Gasteiger partial charge in [-0.25, -0.2) is 0 Å². The van der Waals surface area contributed by atoms with Crippen molar-refractivity contribution < 1.29 is 0 Å². The Labute approximate surface area is 121 Å². The van der Waals surface area contributed by atoms with E-state index in [4.69, 9.17) is 0 Å². The zero-order valence-electron chi connectivity index (χ0n) is 13.8. The van der Waals surface area contributed by atoms with Crippen molar-refractivity contribution in [1.29, 1.82) is 0 Å². The monoisotopic (exact) mass is 268 g/mol. The fourth-order valence-electron chi connectivity index (χ4n) is 3.19. The van der Waals surface area contributed by atoms with E-state index in [-0.39, 0.29) is 0 Å². The van der Waals surface area contributed by atoms with Gasteiger partial charge in [-0.15, -0.1) is 0 Å². The smallest absolute Gasteiger partial charge is 0.0110 e. The highest BCUT2D eigenvalue weighted by Crippen LogP contribution is 2.22. The van der Waals surface area contributed by atoms with Gasteiger partial charge in [0.15, 0.2) is 0 Å². The quantitative estimate of drug-likeness (QED) is 0.678. The highest BCUT2D eigenvalue weighted by Gasteiger charge is 2.19. The molecule has 0 radical (unpaired) electrons. The molecule has 0 aromatic rings. The van der Waals surface area contributed by atoms with Gasteiger partial charge in [-0.05, 0) is 45.1 Å². The van der Waals surface area contributed by atoms with E-state index in [9.17, 15) is 0 Å². The Morgan fingerprint density at radius 2 is 1.74 bits per heavy atom. The van der Waals surface area contributed by atoms with E-state index < -0.39 is 0 Å². The minimum Gasteiger partial charge on any atom is -0.313 e. The fraction of sp³-hybridized carbons (Fsp3) is 1.00. The molecule has 1 aliphatic carbocycles. The lowest BCUT2D eigenvalue weighted by Crippen LogP contribution is -2.42. The highest BCUT2D eigenvalue weighted by atomic mass is 15.2. The lowest BCUT2D eigenvalue weighted by Gasteiger charge is -2.33. The van der Waals surface area contributed by atoms with Crippen LogP contribution in [0.2, 0.25) is 0 Å². The third-order valence-corrected chi connectivity index (χ3v) is 4.57. The van der Waals surface area contributed by atoms with Gasteiger partial charge < -0.3 is 5.32 Å². The SMILES string of the molecule is CCN(CCNC(C)CCC(C)C)C1CCCCC1. The summed E-state index contributed by atoms with van der Waals surface area (Å²) in [5.74, 6) is 0.832. The molecular weight excluding hydrogens is 232 g/mol. The minimum atomic E-state index is 0.674. The Morgan fingerprint density at radius 3 is 2.32 bits per heavy atom. The number of hydrogen-bond acceptors (Lipinski definition) is 2. The first-order valence-electron chi connectivity index (χ1n) is 8.61. The van der Waals surface area contributed by atoms with Crippen LogP contribution in [-0.2, 0) is 0 Å². The second-order valence-corrected chi connectivity index (χ2v) is 6.75. The first-order chi connectivity index (χ1) is 9.13. The molecule has 0 aromatic carbocycles. The van der Waals surface area contributed by atoms with Gasteiger partial charge in [-0.1, -0.05) is 40.0 Å². The van der Waals surface area contributed by atoms with Gasteiger partial charge in [0.05, 0.1) is 0 Å². The third kappa shape index (κ3) is 7.31. The molecule has 2 heteroatoms. The Morgan fingerprint density at radius 1 is 1.05 bits per heavy atom. The molecule has 1 fully saturated rings.